The van der Waals surface area contributed by atoms with Gasteiger partial charge in [0.1, 0.15) is 18.1 Å². The third-order valence-electron chi connectivity index (χ3n) is 7.40. The molecule has 204 valence electrons. The van der Waals surface area contributed by atoms with Crippen molar-refractivity contribution in [2.45, 2.75) is 90.1 Å². The number of piperidine rings is 1. The first-order chi connectivity index (χ1) is 18.5. The number of hydrogen-bond acceptors (Lipinski definition) is 5. The number of rotatable bonds is 14. The first-order valence-corrected chi connectivity index (χ1v) is 14.4. The fraction of sp³-hybridized carbons (Fsp3) is 0.484. The topological polar surface area (TPSA) is 81.9 Å². The average Bonchev–Trinajstić information content (AvgIpc) is 2.90. The van der Waals surface area contributed by atoms with Gasteiger partial charge in [-0.05, 0) is 30.2 Å². The van der Waals surface area contributed by atoms with E-state index >= 15 is 0 Å². The monoisotopic (exact) mass is 538 g/mol. The Morgan fingerprint density at radius 2 is 1.61 bits per heavy atom. The molecule has 0 aromatic heterocycles. The zero-order chi connectivity index (χ0) is 26.9. The number of unbranched alkanes of at least 4 members (excludes halogenated alkanes) is 9. The summed E-state index contributed by atoms with van der Waals surface area (Å²) in [5.41, 5.74) is 8.39. The van der Waals surface area contributed by atoms with Gasteiger partial charge in [-0.25, -0.2) is 0 Å². The maximum Gasteiger partial charge on any atom is 0.262 e. The van der Waals surface area contributed by atoms with Crippen molar-refractivity contribution in [2.75, 3.05) is 6.54 Å². The van der Waals surface area contributed by atoms with E-state index < -0.39 is 5.92 Å². The molecule has 2 N–H and O–H groups in total. The van der Waals surface area contributed by atoms with Crippen LogP contribution in [0.1, 0.15) is 94.6 Å². The molecule has 1 saturated heterocycles. The molecule has 4 rings (SSSR count). The Kier molecular flexibility index (Phi) is 10.1. The lowest BCUT2D eigenvalue weighted by molar-refractivity contribution is -0.145. The summed E-state index contributed by atoms with van der Waals surface area (Å²) in [6.07, 6.45) is 12.2. The Labute approximate surface area is 231 Å². The van der Waals surface area contributed by atoms with E-state index in [2.05, 4.69) is 6.92 Å². The van der Waals surface area contributed by atoms with E-state index in [4.69, 9.17) is 26.8 Å². The summed E-state index contributed by atoms with van der Waals surface area (Å²) < 4.78 is 11.8. The third kappa shape index (κ3) is 7.10. The van der Waals surface area contributed by atoms with Crippen LogP contribution in [0.4, 0.5) is 0 Å². The molecule has 0 aliphatic carbocycles. The number of nitrogens with two attached hydrogens (primary N) is 1. The van der Waals surface area contributed by atoms with Crippen molar-refractivity contribution in [3.05, 3.63) is 70.1 Å². The zero-order valence-corrected chi connectivity index (χ0v) is 23.1. The summed E-state index contributed by atoms with van der Waals surface area (Å²) in [4.78, 5) is 27.6. The highest BCUT2D eigenvalue weighted by Crippen LogP contribution is 2.44. The highest BCUT2D eigenvalue weighted by Gasteiger charge is 2.43. The minimum atomic E-state index is -0.395. The van der Waals surface area contributed by atoms with Crippen LogP contribution < -0.4 is 15.2 Å². The van der Waals surface area contributed by atoms with Gasteiger partial charge in [0, 0.05) is 35.5 Å². The van der Waals surface area contributed by atoms with E-state index in [-0.39, 0.29) is 24.1 Å². The number of carbonyl (C=O) groups excluding carboxylic acids is 2. The number of imide groups is 1. The normalized spacial score (nSPS) is 16.8. The maximum atomic E-state index is 13.3. The van der Waals surface area contributed by atoms with Gasteiger partial charge < -0.3 is 15.2 Å². The van der Waals surface area contributed by atoms with Crippen molar-refractivity contribution in [1.82, 2.24) is 4.90 Å². The highest BCUT2D eigenvalue weighted by atomic mass is 35.5. The summed E-state index contributed by atoms with van der Waals surface area (Å²) in [5, 5.41) is 0.674. The number of nitrogens with zero attached hydrogens (tertiary/aromatic N) is 1. The molecule has 2 aromatic rings. The molecular formula is C31H39ClN2O4. The molecule has 0 spiro atoms. The van der Waals surface area contributed by atoms with Crippen molar-refractivity contribution >= 4 is 23.4 Å². The van der Waals surface area contributed by atoms with Gasteiger partial charge in [0.25, 0.3) is 5.91 Å². The Morgan fingerprint density at radius 3 is 2.29 bits per heavy atom. The maximum absolute atomic E-state index is 13.3. The SMILES string of the molecule is CCCCCCCCCCCCN1C(=O)CC2C(=C(N)Oc3cc(OCc4ccc(Cl)cc4)ccc32)C1=O. The van der Waals surface area contributed by atoms with Gasteiger partial charge >= 0.3 is 0 Å². The van der Waals surface area contributed by atoms with Gasteiger partial charge in [-0.3, -0.25) is 14.5 Å². The molecule has 2 amide bonds. The number of likely N-dealkylation sites (tertiary alicyclic amines) is 1. The minimum Gasteiger partial charge on any atom is -0.489 e. The Balaban J connectivity index is 1.29. The summed E-state index contributed by atoms with van der Waals surface area (Å²) in [7, 11) is 0. The molecule has 2 aliphatic heterocycles. The second-order valence-electron chi connectivity index (χ2n) is 10.3. The second kappa shape index (κ2) is 13.7. The quantitative estimate of drug-likeness (QED) is 0.202. The summed E-state index contributed by atoms with van der Waals surface area (Å²) in [6.45, 7) is 3.04. The van der Waals surface area contributed by atoms with Crippen molar-refractivity contribution in [2.24, 2.45) is 5.73 Å². The largest absolute Gasteiger partial charge is 0.489 e. The van der Waals surface area contributed by atoms with Crippen LogP contribution in [0.2, 0.25) is 5.02 Å². The van der Waals surface area contributed by atoms with E-state index in [0.717, 1.165) is 30.4 Å². The average molecular weight is 539 g/mol. The van der Waals surface area contributed by atoms with Crippen LogP contribution in [0.25, 0.3) is 0 Å². The molecule has 0 bridgehead atoms. The standard InChI is InChI=1S/C31H39ClN2O4/c1-2-3-4-5-6-7-8-9-10-11-18-34-28(35)20-26-25-17-16-24(37-21-22-12-14-23(32)15-13-22)19-27(25)38-30(33)29(26)31(34)36/h12-17,19,26H,2-11,18,20-21,33H2,1H3. The van der Waals surface area contributed by atoms with Gasteiger partial charge in [-0.15, -0.1) is 0 Å². The van der Waals surface area contributed by atoms with Crippen LogP contribution in [0.15, 0.2) is 53.9 Å². The molecule has 1 unspecified atom stereocenters. The summed E-state index contributed by atoms with van der Waals surface area (Å²) >= 11 is 5.95. The lowest BCUT2D eigenvalue weighted by atomic mass is 9.82. The molecule has 6 nitrogen and oxygen atoms in total. The fourth-order valence-corrected chi connectivity index (χ4v) is 5.35. The van der Waals surface area contributed by atoms with E-state index in [1.807, 2.05) is 36.4 Å². The molecule has 1 fully saturated rings. The molecule has 0 radical (unpaired) electrons. The molecule has 2 aliphatic rings. The number of hydrogen-bond donors (Lipinski definition) is 1. The number of ether oxygens (including phenoxy) is 2. The van der Waals surface area contributed by atoms with Crippen molar-refractivity contribution < 1.29 is 19.1 Å². The summed E-state index contributed by atoms with van der Waals surface area (Å²) in [6, 6.07) is 12.9. The smallest absolute Gasteiger partial charge is 0.262 e. The van der Waals surface area contributed by atoms with Crippen LogP contribution in [0, 0.1) is 0 Å². The molecule has 0 saturated carbocycles. The second-order valence-corrected chi connectivity index (χ2v) is 10.7. The Morgan fingerprint density at radius 1 is 0.947 bits per heavy atom. The highest BCUT2D eigenvalue weighted by molar-refractivity contribution is 6.30. The number of fused-ring (bicyclic) bond motifs is 3. The summed E-state index contributed by atoms with van der Waals surface area (Å²) in [5.74, 6) is 0.340. The lowest BCUT2D eigenvalue weighted by Gasteiger charge is -2.36. The van der Waals surface area contributed by atoms with Crippen LogP contribution in [-0.4, -0.2) is 23.3 Å². The van der Waals surface area contributed by atoms with Gasteiger partial charge in [0.05, 0.1) is 5.57 Å². The van der Waals surface area contributed by atoms with Crippen LogP contribution in [0.3, 0.4) is 0 Å². The minimum absolute atomic E-state index is 0.0722. The number of benzene rings is 2. The lowest BCUT2D eigenvalue weighted by Crippen LogP contribution is -2.47. The Bertz CT molecular complexity index is 1150. The van der Waals surface area contributed by atoms with Gasteiger partial charge in [-0.1, -0.05) is 94.5 Å². The number of carbonyl (C=O) groups is 2. The fourth-order valence-electron chi connectivity index (χ4n) is 5.22. The molecule has 7 heteroatoms. The van der Waals surface area contributed by atoms with Crippen molar-refractivity contribution in [3.8, 4) is 11.5 Å². The van der Waals surface area contributed by atoms with Crippen molar-refractivity contribution in [3.63, 3.8) is 0 Å². The molecule has 38 heavy (non-hydrogen) atoms. The van der Waals surface area contributed by atoms with E-state index in [9.17, 15) is 9.59 Å². The van der Waals surface area contributed by atoms with E-state index in [1.54, 1.807) is 6.07 Å². The van der Waals surface area contributed by atoms with Crippen molar-refractivity contribution in [1.29, 1.82) is 0 Å². The molecule has 2 heterocycles. The van der Waals surface area contributed by atoms with Gasteiger partial charge in [-0.2, -0.15) is 0 Å². The predicted molar refractivity (Wildman–Crippen MR) is 150 cm³/mol. The third-order valence-corrected chi connectivity index (χ3v) is 7.66. The predicted octanol–water partition coefficient (Wildman–Crippen LogP) is 7.25. The molecule has 1 atom stereocenters. The van der Waals surface area contributed by atoms with E-state index in [0.29, 0.717) is 35.2 Å². The van der Waals surface area contributed by atoms with E-state index in [1.165, 1.54) is 49.8 Å². The molecular weight excluding hydrogens is 500 g/mol. The molecule has 2 aromatic carbocycles. The van der Waals surface area contributed by atoms with Crippen LogP contribution >= 0.6 is 11.6 Å². The van der Waals surface area contributed by atoms with Gasteiger partial charge in [0.15, 0.2) is 5.88 Å². The van der Waals surface area contributed by atoms with Crippen LogP contribution in [-0.2, 0) is 16.2 Å². The van der Waals surface area contributed by atoms with Gasteiger partial charge in [0.2, 0.25) is 5.91 Å². The first kappa shape index (κ1) is 28.0. The Hall–Kier alpha value is -2.99. The number of halogens is 1. The number of amides is 2. The zero-order valence-electron chi connectivity index (χ0n) is 22.3. The van der Waals surface area contributed by atoms with Crippen LogP contribution in [0.5, 0.6) is 11.5 Å². The first-order valence-electron chi connectivity index (χ1n) is 14.0.